The summed E-state index contributed by atoms with van der Waals surface area (Å²) >= 11 is 0. The Labute approximate surface area is 111 Å². The summed E-state index contributed by atoms with van der Waals surface area (Å²) < 4.78 is 0. The van der Waals surface area contributed by atoms with Gasteiger partial charge in [-0.05, 0) is 0 Å². The average molecular weight is 221 g/mol. The maximum atomic E-state index is 0. The van der Waals surface area contributed by atoms with Crippen LogP contribution in [0.3, 0.4) is 0 Å². The van der Waals surface area contributed by atoms with Crippen LogP contribution in [0.25, 0.3) is 0 Å². The minimum atomic E-state index is 0. The second-order valence-corrected chi connectivity index (χ2v) is 0. The first-order valence-electron chi connectivity index (χ1n) is 0. The Bertz CT molecular complexity index is 3.90. The molecule has 0 N–H and O–H groups in total. The summed E-state index contributed by atoms with van der Waals surface area (Å²) in [6.07, 6.45) is 0. The summed E-state index contributed by atoms with van der Waals surface area (Å²) in [6.45, 7) is 0. The van der Waals surface area contributed by atoms with E-state index in [1.807, 2.05) is 0 Å². The molecule has 0 aromatic rings. The molecule has 41 valence electrons. The third kappa shape index (κ3) is 27.6. The van der Waals surface area contributed by atoms with E-state index in [4.69, 9.17) is 0 Å². The van der Waals surface area contributed by atoms with Crippen LogP contribution >= 0.6 is 62.0 Å². The molecule has 0 nitrogen and oxygen atoms in total. The average Bonchev–Trinajstić information content (AvgIpc) is 0. The fourth-order valence-electron chi connectivity index (χ4n) is 0. The van der Waals surface area contributed by atoms with Crippen LogP contribution < -0.4 is 0 Å². The summed E-state index contributed by atoms with van der Waals surface area (Å²) in [5.74, 6) is 0. The predicted molar refractivity (Wildman–Crippen MR) is 42.0 cm³/mol. The third-order valence-electron chi connectivity index (χ3n) is 0. The Kier molecular flexibility index (Phi) is 443. The van der Waals surface area contributed by atoms with Gasteiger partial charge < -0.3 is 0 Å². The van der Waals surface area contributed by atoms with Gasteiger partial charge in [-0.15, -0.1) is 62.0 Å². The van der Waals surface area contributed by atoms with E-state index < -0.39 is 0 Å². The van der Waals surface area contributed by atoms with Gasteiger partial charge in [0.2, 0.25) is 0 Å². The molecule has 0 rings (SSSR count). The van der Waals surface area contributed by atoms with E-state index in [-0.39, 0.29) is 113 Å². The summed E-state index contributed by atoms with van der Waals surface area (Å²) in [6, 6.07) is 0. The summed E-state index contributed by atoms with van der Waals surface area (Å²) in [5, 5.41) is 0. The molecule has 0 bridgehead atoms. The third-order valence-corrected chi connectivity index (χ3v) is 0. The molecule has 0 atom stereocenters. The summed E-state index contributed by atoms with van der Waals surface area (Å²) in [4.78, 5) is 0. The van der Waals surface area contributed by atoms with Crippen LogP contribution in [-0.4, -0.2) is 51.4 Å². The zero-order valence-electron chi connectivity index (χ0n) is 3.04. The molecule has 0 saturated carbocycles. The van der Waals surface area contributed by atoms with Crippen LogP contribution in [-0.2, 0) is 0 Å². The van der Waals surface area contributed by atoms with E-state index in [1.54, 1.807) is 0 Å². The molecule has 0 aromatic heterocycles. The van der Waals surface area contributed by atoms with Crippen LogP contribution in [0.5, 0.6) is 0 Å². The van der Waals surface area contributed by atoms with Crippen LogP contribution in [0.15, 0.2) is 0 Å². The fourth-order valence-corrected chi connectivity index (χ4v) is 0. The monoisotopic (exact) mass is 219 g/mol. The molecular weight excluding hydrogens is 216 g/mol. The first kappa shape index (κ1) is 62.4. The molecule has 0 aliphatic carbocycles. The van der Waals surface area contributed by atoms with Crippen molar-refractivity contribution in [1.82, 2.24) is 0 Å². The quantitative estimate of drug-likeness (QED) is 0.547. The number of halogens is 5. The van der Waals surface area contributed by atoms with Gasteiger partial charge in [-0.25, -0.2) is 0 Å². The van der Waals surface area contributed by atoms with Gasteiger partial charge in [0.25, 0.3) is 0 Å². The first-order valence-corrected chi connectivity index (χ1v) is 0. The summed E-state index contributed by atoms with van der Waals surface area (Å²) in [5.41, 5.74) is 0. The van der Waals surface area contributed by atoms with Crippen LogP contribution in [0.1, 0.15) is 0 Å². The van der Waals surface area contributed by atoms with Gasteiger partial charge in [-0.1, -0.05) is 0 Å². The molecule has 0 aliphatic rings. The maximum absolute atomic E-state index is 0. The van der Waals surface area contributed by atoms with Gasteiger partial charge in [-0.3, -0.25) is 0 Å². The topological polar surface area (TPSA) is 0 Å². The van der Waals surface area contributed by atoms with Crippen molar-refractivity contribution in [3.63, 3.8) is 0 Å². The molecule has 0 aliphatic heterocycles. The Balaban J connectivity index is 0. The predicted octanol–water partition coefficient (Wildman–Crippen LogP) is 1.73. The van der Waals surface area contributed by atoms with Crippen molar-refractivity contribution in [2.24, 2.45) is 0 Å². The van der Waals surface area contributed by atoms with Crippen molar-refractivity contribution in [2.45, 2.75) is 0 Å². The van der Waals surface area contributed by atoms with Gasteiger partial charge >= 0.3 is 0 Å². The van der Waals surface area contributed by atoms with Crippen molar-refractivity contribution in [2.75, 3.05) is 0 Å². The van der Waals surface area contributed by atoms with E-state index >= 15 is 0 Å². The van der Waals surface area contributed by atoms with E-state index in [1.165, 1.54) is 0 Å². The van der Waals surface area contributed by atoms with Gasteiger partial charge in [0.1, 0.15) is 0 Å². The molecule has 0 heterocycles. The smallest absolute Gasteiger partial charge is 0 e. The summed E-state index contributed by atoms with van der Waals surface area (Å²) in [7, 11) is 0. The van der Waals surface area contributed by atoms with Gasteiger partial charge in [-0.2, -0.15) is 0 Å². The Hall–Kier alpha value is 3.09. The largest absolute Gasteiger partial charge is 0.147 e. The van der Waals surface area contributed by atoms with Gasteiger partial charge in [0.15, 0.2) is 0 Å². The molecule has 6 heteroatoms. The van der Waals surface area contributed by atoms with Crippen LogP contribution in [0.2, 0.25) is 0 Å². The van der Waals surface area contributed by atoms with E-state index in [0.717, 1.165) is 0 Å². The zero-order chi connectivity index (χ0) is 0. The fraction of sp³-hybridized carbons (Fsp3) is 0. The number of rotatable bonds is 0. The molecule has 0 saturated heterocycles. The molecule has 0 amide bonds. The second-order valence-electron chi connectivity index (χ2n) is 0. The molecule has 1 radical (unpaired) electrons. The second kappa shape index (κ2) is 42.6. The molecule has 0 aromatic carbocycles. The van der Waals surface area contributed by atoms with Crippen molar-refractivity contribution in [3.05, 3.63) is 0 Å². The maximum Gasteiger partial charge on any atom is 0 e. The Morgan fingerprint density at radius 3 is 0.333 bits per heavy atom. The van der Waals surface area contributed by atoms with Gasteiger partial charge in [0, 0.05) is 51.4 Å². The van der Waals surface area contributed by atoms with E-state index in [9.17, 15) is 0 Å². The van der Waals surface area contributed by atoms with Crippen molar-refractivity contribution < 1.29 is 0 Å². The molecule has 0 fully saturated rings. The van der Waals surface area contributed by atoms with Crippen molar-refractivity contribution in [1.29, 1.82) is 0 Å². The number of hydrogen-bond donors (Lipinski definition) is 0. The van der Waals surface area contributed by atoms with Crippen LogP contribution in [0.4, 0.5) is 0 Å². The normalized spacial score (nSPS) is 0. The van der Waals surface area contributed by atoms with Gasteiger partial charge in [0.05, 0.1) is 0 Å². The van der Waals surface area contributed by atoms with Crippen molar-refractivity contribution >= 4 is 113 Å². The standard InChI is InChI=1S/5ClH.K/h5*1H;. The minimum Gasteiger partial charge on any atom is -0.147 e. The van der Waals surface area contributed by atoms with E-state index in [0.29, 0.717) is 0 Å². The molecule has 6 heavy (non-hydrogen) atoms. The minimum absolute atomic E-state index is 0. The van der Waals surface area contributed by atoms with Crippen molar-refractivity contribution in [3.8, 4) is 0 Å². The SMILES string of the molecule is Cl.Cl.Cl.Cl.Cl.[K]. The molecule has 0 unspecified atom stereocenters. The first-order chi connectivity index (χ1) is 0. The Morgan fingerprint density at radius 2 is 0.333 bits per heavy atom. The molecular formula is H5Cl5K. The molecule has 0 spiro atoms. The van der Waals surface area contributed by atoms with E-state index in [2.05, 4.69) is 0 Å². The van der Waals surface area contributed by atoms with Crippen LogP contribution in [0, 0.1) is 0 Å². The zero-order valence-corrected chi connectivity index (χ0v) is 10.2. The Morgan fingerprint density at radius 1 is 0.333 bits per heavy atom. The number of hydrogen-bond acceptors (Lipinski definition) is 0.